The monoisotopic (exact) mass is 400 g/mol. The first kappa shape index (κ1) is 20.0. The van der Waals surface area contributed by atoms with Crippen LogP contribution in [0.25, 0.3) is 6.08 Å². The van der Waals surface area contributed by atoms with Crippen LogP contribution in [0.2, 0.25) is 5.02 Å². The zero-order valence-electron chi connectivity index (χ0n) is 15.8. The first-order valence-electron chi connectivity index (χ1n) is 8.93. The number of ether oxygens (including phenoxy) is 3. The number of methoxy groups -OCH3 is 2. The molecule has 0 N–H and O–H groups in total. The van der Waals surface area contributed by atoms with Crippen LogP contribution in [0.5, 0.6) is 11.5 Å². The minimum Gasteiger partial charge on any atom is -0.493 e. The van der Waals surface area contributed by atoms with E-state index < -0.39 is 5.97 Å². The Kier molecular flexibility index (Phi) is 6.37. The number of hydrogen-bond acceptors (Lipinski definition) is 5. The number of carbonyl (C=O) groups is 2. The van der Waals surface area contributed by atoms with Crippen molar-refractivity contribution in [3.8, 4) is 11.5 Å². The van der Waals surface area contributed by atoms with Gasteiger partial charge in [0.25, 0.3) is 0 Å². The van der Waals surface area contributed by atoms with Gasteiger partial charge in [-0.1, -0.05) is 23.7 Å². The van der Waals surface area contributed by atoms with Crippen LogP contribution in [0.4, 0.5) is 0 Å². The summed E-state index contributed by atoms with van der Waals surface area (Å²) >= 11 is 6.14. The second-order valence-corrected chi connectivity index (χ2v) is 6.85. The van der Waals surface area contributed by atoms with Gasteiger partial charge >= 0.3 is 5.97 Å². The summed E-state index contributed by atoms with van der Waals surface area (Å²) in [7, 11) is 3.00. The van der Waals surface area contributed by atoms with Gasteiger partial charge in [0.15, 0.2) is 23.9 Å². The Morgan fingerprint density at radius 2 is 1.86 bits per heavy atom. The number of benzene rings is 2. The Labute approximate surface area is 168 Å². The van der Waals surface area contributed by atoms with Crippen molar-refractivity contribution in [2.24, 2.45) is 0 Å². The van der Waals surface area contributed by atoms with E-state index in [0.29, 0.717) is 27.6 Å². The van der Waals surface area contributed by atoms with Gasteiger partial charge in [-0.2, -0.15) is 0 Å². The molecule has 0 unspecified atom stereocenters. The van der Waals surface area contributed by atoms with Gasteiger partial charge in [-0.3, -0.25) is 4.79 Å². The van der Waals surface area contributed by atoms with E-state index in [1.807, 2.05) is 12.1 Å². The first-order valence-corrected chi connectivity index (χ1v) is 9.31. The smallest absolute Gasteiger partial charge is 0.331 e. The van der Waals surface area contributed by atoms with Crippen molar-refractivity contribution < 1.29 is 23.8 Å². The van der Waals surface area contributed by atoms with Gasteiger partial charge in [0, 0.05) is 11.6 Å². The van der Waals surface area contributed by atoms with Gasteiger partial charge in [-0.25, -0.2) is 4.79 Å². The average molecular weight is 401 g/mol. The summed E-state index contributed by atoms with van der Waals surface area (Å²) in [5, 5.41) is 0.363. The van der Waals surface area contributed by atoms with E-state index in [1.54, 1.807) is 18.2 Å². The number of esters is 1. The summed E-state index contributed by atoms with van der Waals surface area (Å²) in [6.45, 7) is -0.297. The van der Waals surface area contributed by atoms with Crippen molar-refractivity contribution in [3.05, 3.63) is 63.7 Å². The van der Waals surface area contributed by atoms with Crippen molar-refractivity contribution in [1.82, 2.24) is 0 Å². The predicted molar refractivity (Wildman–Crippen MR) is 107 cm³/mol. The minimum absolute atomic E-state index is 0.217. The third-order valence-corrected chi connectivity index (χ3v) is 4.91. The lowest BCUT2D eigenvalue weighted by Crippen LogP contribution is -2.12. The molecule has 146 valence electrons. The topological polar surface area (TPSA) is 61.8 Å². The molecule has 0 amide bonds. The fraction of sp³-hybridized carbons (Fsp3) is 0.273. The summed E-state index contributed by atoms with van der Waals surface area (Å²) in [6, 6.07) is 9.01. The lowest BCUT2D eigenvalue weighted by atomic mass is 10.0. The quantitative estimate of drug-likeness (QED) is 0.394. The van der Waals surface area contributed by atoms with Crippen LogP contribution in [0.1, 0.15) is 33.5 Å². The van der Waals surface area contributed by atoms with Gasteiger partial charge in [0.1, 0.15) is 0 Å². The zero-order chi connectivity index (χ0) is 20.1. The molecule has 0 heterocycles. The van der Waals surface area contributed by atoms with Gasteiger partial charge in [0.05, 0.1) is 19.2 Å². The Morgan fingerprint density at radius 3 is 2.61 bits per heavy atom. The molecule has 28 heavy (non-hydrogen) atoms. The van der Waals surface area contributed by atoms with Crippen LogP contribution in [0, 0.1) is 0 Å². The van der Waals surface area contributed by atoms with Crippen LogP contribution < -0.4 is 9.47 Å². The molecule has 1 aliphatic carbocycles. The molecule has 5 nitrogen and oxygen atoms in total. The van der Waals surface area contributed by atoms with Gasteiger partial charge in [0.2, 0.25) is 0 Å². The van der Waals surface area contributed by atoms with Gasteiger partial charge in [-0.05, 0) is 60.2 Å². The maximum Gasteiger partial charge on any atom is 0.331 e. The number of hydrogen-bond donors (Lipinski definition) is 0. The van der Waals surface area contributed by atoms with Crippen LogP contribution >= 0.6 is 11.6 Å². The molecular weight excluding hydrogens is 380 g/mol. The Morgan fingerprint density at radius 1 is 1.07 bits per heavy atom. The van der Waals surface area contributed by atoms with E-state index in [9.17, 15) is 9.59 Å². The molecule has 2 aromatic rings. The van der Waals surface area contributed by atoms with E-state index >= 15 is 0 Å². The lowest BCUT2D eigenvalue weighted by Gasteiger charge is -2.10. The summed E-state index contributed by atoms with van der Waals surface area (Å²) in [4.78, 5) is 24.2. The van der Waals surface area contributed by atoms with E-state index in [2.05, 4.69) is 0 Å². The maximum absolute atomic E-state index is 12.3. The molecule has 0 aliphatic heterocycles. The van der Waals surface area contributed by atoms with E-state index in [0.717, 1.165) is 19.3 Å². The van der Waals surface area contributed by atoms with E-state index in [4.69, 9.17) is 25.8 Å². The largest absolute Gasteiger partial charge is 0.493 e. The fourth-order valence-electron chi connectivity index (χ4n) is 3.21. The van der Waals surface area contributed by atoms with Crippen molar-refractivity contribution in [1.29, 1.82) is 0 Å². The van der Waals surface area contributed by atoms with Crippen LogP contribution in [-0.2, 0) is 22.4 Å². The van der Waals surface area contributed by atoms with Crippen molar-refractivity contribution in [3.63, 3.8) is 0 Å². The van der Waals surface area contributed by atoms with E-state index in [1.165, 1.54) is 37.5 Å². The fourth-order valence-corrected chi connectivity index (χ4v) is 3.51. The Hall–Kier alpha value is -2.79. The van der Waals surface area contributed by atoms with Crippen LogP contribution in [0.15, 0.2) is 36.4 Å². The number of ketones is 1. The third-order valence-electron chi connectivity index (χ3n) is 4.63. The molecule has 6 heteroatoms. The molecule has 1 aliphatic rings. The molecule has 0 aromatic heterocycles. The highest BCUT2D eigenvalue weighted by molar-refractivity contribution is 6.32. The molecule has 0 radical (unpaired) electrons. The molecule has 2 aromatic carbocycles. The molecule has 0 spiro atoms. The molecule has 0 fully saturated rings. The van der Waals surface area contributed by atoms with Crippen molar-refractivity contribution in [2.45, 2.75) is 19.3 Å². The zero-order valence-corrected chi connectivity index (χ0v) is 16.5. The predicted octanol–water partition coefficient (Wildman–Crippen LogP) is 4.29. The number of aryl methyl sites for hydroxylation is 2. The molecule has 0 saturated carbocycles. The van der Waals surface area contributed by atoms with Crippen molar-refractivity contribution in [2.75, 3.05) is 20.8 Å². The number of Topliss-reactive ketones (excluding diaryl/α,β-unsaturated/α-hetero) is 1. The first-order chi connectivity index (χ1) is 13.5. The second-order valence-electron chi connectivity index (χ2n) is 6.44. The number of rotatable bonds is 7. The highest BCUT2D eigenvalue weighted by Crippen LogP contribution is 2.36. The molecular formula is C22H21ClO5. The van der Waals surface area contributed by atoms with Crippen LogP contribution in [-0.4, -0.2) is 32.6 Å². The maximum atomic E-state index is 12.3. The van der Waals surface area contributed by atoms with Gasteiger partial charge < -0.3 is 14.2 Å². The highest BCUT2D eigenvalue weighted by atomic mass is 35.5. The highest BCUT2D eigenvalue weighted by Gasteiger charge is 2.15. The number of halogens is 1. The molecule has 0 bridgehead atoms. The SMILES string of the molecule is COc1cc(/C=C/C(=O)OCC(=O)c2ccc3c(c2)CCC3)cc(Cl)c1OC. The molecule has 3 rings (SSSR count). The lowest BCUT2D eigenvalue weighted by molar-refractivity contribution is -0.136. The number of fused-ring (bicyclic) bond motifs is 1. The summed E-state index contributed by atoms with van der Waals surface area (Å²) < 4.78 is 15.5. The van der Waals surface area contributed by atoms with Crippen LogP contribution in [0.3, 0.4) is 0 Å². The average Bonchev–Trinajstić information content (AvgIpc) is 3.17. The summed E-state index contributed by atoms with van der Waals surface area (Å²) in [6.07, 6.45) is 5.95. The number of carbonyl (C=O) groups excluding carboxylic acids is 2. The third kappa shape index (κ3) is 4.54. The van der Waals surface area contributed by atoms with E-state index in [-0.39, 0.29) is 12.4 Å². The molecule has 0 saturated heterocycles. The summed E-state index contributed by atoms with van der Waals surface area (Å²) in [5.74, 6) is 0.0460. The standard InChI is InChI=1S/C22H21ClO5/c1-26-20-11-14(10-18(23)22(20)27-2)6-9-21(25)28-13-19(24)17-8-7-15-4-3-5-16(15)12-17/h6-12H,3-5,13H2,1-2H3/b9-6+. The normalized spacial score (nSPS) is 12.7. The Balaban J connectivity index is 1.59. The van der Waals surface area contributed by atoms with Crippen molar-refractivity contribution >= 4 is 29.4 Å². The molecule has 0 atom stereocenters. The summed E-state index contributed by atoms with van der Waals surface area (Å²) in [5.41, 5.74) is 3.72. The minimum atomic E-state index is -0.611. The second kappa shape index (κ2) is 8.93. The van der Waals surface area contributed by atoms with Gasteiger partial charge in [-0.15, -0.1) is 0 Å². The Bertz CT molecular complexity index is 933.